The average molecular weight is 410 g/mol. The minimum Gasteiger partial charge on any atom is -0.497 e. The van der Waals surface area contributed by atoms with E-state index in [9.17, 15) is 9.59 Å². The number of methoxy groups -OCH3 is 1. The van der Waals surface area contributed by atoms with E-state index in [1.165, 1.54) is 11.3 Å². The fourth-order valence-corrected chi connectivity index (χ4v) is 3.39. The monoisotopic (exact) mass is 410 g/mol. The van der Waals surface area contributed by atoms with Crippen molar-refractivity contribution in [3.8, 4) is 16.3 Å². The Morgan fingerprint density at radius 1 is 1.07 bits per heavy atom. The van der Waals surface area contributed by atoms with Gasteiger partial charge in [0.05, 0.1) is 7.11 Å². The molecule has 1 N–H and O–H groups in total. The first-order valence-corrected chi connectivity index (χ1v) is 10.0. The number of amides is 1. The largest absolute Gasteiger partial charge is 0.497 e. The second-order valence-electron chi connectivity index (χ2n) is 6.43. The summed E-state index contributed by atoms with van der Waals surface area (Å²) in [5, 5.41) is 5.11. The number of aryl methyl sites for hydroxylation is 1. The Morgan fingerprint density at radius 3 is 2.48 bits per heavy atom. The van der Waals surface area contributed by atoms with Gasteiger partial charge in [-0.15, -0.1) is 11.3 Å². The molecule has 0 bridgehead atoms. The summed E-state index contributed by atoms with van der Waals surface area (Å²) in [5.74, 6) is -0.164. The van der Waals surface area contributed by atoms with Crippen molar-refractivity contribution < 1.29 is 19.1 Å². The third-order valence-corrected chi connectivity index (χ3v) is 5.13. The van der Waals surface area contributed by atoms with Gasteiger partial charge in [-0.05, 0) is 31.0 Å². The summed E-state index contributed by atoms with van der Waals surface area (Å²) in [6.45, 7) is 2.13. The lowest BCUT2D eigenvalue weighted by atomic mass is 10.1. The summed E-state index contributed by atoms with van der Waals surface area (Å²) in [5.41, 5.74) is 3.38. The molecule has 0 aliphatic rings. The van der Waals surface area contributed by atoms with Crippen LogP contribution in [0.25, 0.3) is 10.6 Å². The van der Waals surface area contributed by atoms with E-state index in [1.807, 2.05) is 55.5 Å². The molecule has 1 amide bonds. The van der Waals surface area contributed by atoms with Gasteiger partial charge in [-0.1, -0.05) is 42.0 Å². The quantitative estimate of drug-likeness (QED) is 0.574. The van der Waals surface area contributed by atoms with E-state index < -0.39 is 5.97 Å². The van der Waals surface area contributed by atoms with Gasteiger partial charge in [0.25, 0.3) is 5.91 Å². The molecule has 0 aliphatic carbocycles. The molecule has 150 valence electrons. The molecule has 0 saturated heterocycles. The molecule has 0 radical (unpaired) electrons. The Morgan fingerprint density at radius 2 is 1.79 bits per heavy atom. The Labute approximate surface area is 173 Å². The van der Waals surface area contributed by atoms with Gasteiger partial charge in [0.15, 0.2) is 12.3 Å². The van der Waals surface area contributed by atoms with E-state index >= 15 is 0 Å². The second kappa shape index (κ2) is 9.84. The van der Waals surface area contributed by atoms with E-state index in [1.54, 1.807) is 12.5 Å². The molecule has 6 nitrogen and oxygen atoms in total. The van der Waals surface area contributed by atoms with E-state index in [-0.39, 0.29) is 18.2 Å². The van der Waals surface area contributed by atoms with Crippen LogP contribution in [0.15, 0.2) is 53.9 Å². The van der Waals surface area contributed by atoms with Crippen molar-refractivity contribution in [1.29, 1.82) is 0 Å². The number of hydrogen-bond acceptors (Lipinski definition) is 6. The van der Waals surface area contributed by atoms with Crippen LogP contribution in [0, 0.1) is 6.92 Å². The fraction of sp³-hybridized carbons (Fsp3) is 0.227. The maximum absolute atomic E-state index is 12.1. The zero-order chi connectivity index (χ0) is 20.6. The lowest BCUT2D eigenvalue weighted by Crippen LogP contribution is -2.30. The molecular formula is C22H22N2O4S. The molecule has 3 rings (SSSR count). The van der Waals surface area contributed by atoms with Gasteiger partial charge in [-0.3, -0.25) is 4.79 Å². The Kier molecular flexibility index (Phi) is 6.97. The van der Waals surface area contributed by atoms with Crippen molar-refractivity contribution in [1.82, 2.24) is 10.3 Å². The van der Waals surface area contributed by atoms with Crippen molar-refractivity contribution in [3.63, 3.8) is 0 Å². The van der Waals surface area contributed by atoms with Gasteiger partial charge >= 0.3 is 5.97 Å². The van der Waals surface area contributed by atoms with Crippen LogP contribution in [0.5, 0.6) is 5.75 Å². The van der Waals surface area contributed by atoms with Crippen molar-refractivity contribution >= 4 is 23.2 Å². The first-order valence-electron chi connectivity index (χ1n) is 9.14. The average Bonchev–Trinajstić information content (AvgIpc) is 3.23. The topological polar surface area (TPSA) is 77.5 Å². The number of esters is 1. The van der Waals surface area contributed by atoms with Crippen molar-refractivity contribution in [2.24, 2.45) is 0 Å². The fourth-order valence-electron chi connectivity index (χ4n) is 2.59. The SMILES string of the molecule is COc1ccc(CCNC(=O)COC(=O)c2csc(-c3ccc(C)cc3)n2)cc1. The molecule has 0 atom stereocenters. The van der Waals surface area contributed by atoms with Gasteiger partial charge in [-0.25, -0.2) is 9.78 Å². The molecule has 0 unspecified atom stereocenters. The molecule has 0 spiro atoms. The van der Waals surface area contributed by atoms with Crippen LogP contribution in [-0.4, -0.2) is 37.1 Å². The summed E-state index contributed by atoms with van der Waals surface area (Å²) in [6, 6.07) is 15.5. The molecule has 0 aliphatic heterocycles. The lowest BCUT2D eigenvalue weighted by Gasteiger charge is -2.06. The van der Waals surface area contributed by atoms with E-state index in [2.05, 4.69) is 10.3 Å². The number of hydrogen-bond donors (Lipinski definition) is 1. The minimum absolute atomic E-state index is 0.205. The van der Waals surface area contributed by atoms with Crippen LogP contribution in [0.2, 0.25) is 0 Å². The number of carbonyl (C=O) groups excluding carboxylic acids is 2. The second-order valence-corrected chi connectivity index (χ2v) is 7.29. The number of rotatable bonds is 8. The molecule has 1 aromatic heterocycles. The predicted octanol–water partition coefficient (Wildman–Crippen LogP) is 3.64. The highest BCUT2D eigenvalue weighted by molar-refractivity contribution is 7.13. The minimum atomic E-state index is -0.607. The van der Waals surface area contributed by atoms with Crippen LogP contribution in [0.3, 0.4) is 0 Å². The predicted molar refractivity (Wildman–Crippen MR) is 112 cm³/mol. The number of nitrogens with one attached hydrogen (secondary N) is 1. The Hall–Kier alpha value is -3.19. The number of nitrogens with zero attached hydrogens (tertiary/aromatic N) is 1. The highest BCUT2D eigenvalue weighted by Crippen LogP contribution is 2.24. The van der Waals surface area contributed by atoms with Gasteiger partial charge in [0.1, 0.15) is 10.8 Å². The molecule has 0 fully saturated rings. The number of ether oxygens (including phenoxy) is 2. The smallest absolute Gasteiger partial charge is 0.358 e. The zero-order valence-corrected chi connectivity index (χ0v) is 17.1. The normalized spacial score (nSPS) is 10.4. The molecule has 7 heteroatoms. The van der Waals surface area contributed by atoms with Crippen LogP contribution >= 0.6 is 11.3 Å². The van der Waals surface area contributed by atoms with Crippen LogP contribution in [-0.2, 0) is 16.0 Å². The van der Waals surface area contributed by atoms with Crippen LogP contribution in [0.1, 0.15) is 21.6 Å². The summed E-state index contributed by atoms with van der Waals surface area (Å²) in [7, 11) is 1.62. The van der Waals surface area contributed by atoms with E-state index in [4.69, 9.17) is 9.47 Å². The van der Waals surface area contributed by atoms with E-state index in [0.717, 1.165) is 27.4 Å². The number of aromatic nitrogens is 1. The number of benzene rings is 2. The lowest BCUT2D eigenvalue weighted by molar-refractivity contribution is -0.124. The van der Waals surface area contributed by atoms with Gasteiger partial charge in [0.2, 0.25) is 0 Å². The third-order valence-electron chi connectivity index (χ3n) is 4.24. The third kappa shape index (κ3) is 5.89. The maximum Gasteiger partial charge on any atom is 0.358 e. The first kappa shape index (κ1) is 20.5. The van der Waals surface area contributed by atoms with E-state index in [0.29, 0.717) is 13.0 Å². The molecule has 0 saturated carbocycles. The highest BCUT2D eigenvalue weighted by Gasteiger charge is 2.15. The molecule has 1 heterocycles. The summed E-state index contributed by atoms with van der Waals surface area (Å²) in [6.07, 6.45) is 0.676. The highest BCUT2D eigenvalue weighted by atomic mass is 32.1. The Bertz CT molecular complexity index is 965. The first-order chi connectivity index (χ1) is 14.0. The van der Waals surface area contributed by atoms with Crippen LogP contribution in [0.4, 0.5) is 0 Å². The zero-order valence-electron chi connectivity index (χ0n) is 16.3. The summed E-state index contributed by atoms with van der Waals surface area (Å²) in [4.78, 5) is 28.3. The summed E-state index contributed by atoms with van der Waals surface area (Å²) < 4.78 is 10.2. The van der Waals surface area contributed by atoms with Gasteiger partial charge in [0, 0.05) is 17.5 Å². The standard InChI is InChI=1S/C22H22N2O4S/c1-15-3-7-17(8-4-15)21-24-19(14-29-21)22(26)28-13-20(25)23-12-11-16-5-9-18(27-2)10-6-16/h3-10,14H,11-13H2,1-2H3,(H,23,25). The van der Waals surface area contributed by atoms with Crippen molar-refractivity contribution in [2.45, 2.75) is 13.3 Å². The maximum atomic E-state index is 12.1. The molecule has 29 heavy (non-hydrogen) atoms. The molecule has 3 aromatic rings. The van der Waals surface area contributed by atoms with Gasteiger partial charge in [-0.2, -0.15) is 0 Å². The summed E-state index contributed by atoms with van der Waals surface area (Å²) >= 11 is 1.36. The van der Waals surface area contributed by atoms with Crippen molar-refractivity contribution in [2.75, 3.05) is 20.3 Å². The molecule has 2 aromatic carbocycles. The number of carbonyl (C=O) groups is 2. The van der Waals surface area contributed by atoms with Crippen molar-refractivity contribution in [3.05, 3.63) is 70.7 Å². The van der Waals surface area contributed by atoms with Crippen LogP contribution < -0.4 is 10.1 Å². The van der Waals surface area contributed by atoms with Gasteiger partial charge < -0.3 is 14.8 Å². The number of thiazole rings is 1. The molecular weight excluding hydrogens is 388 g/mol. The Balaban J connectivity index is 1.42.